The molecule has 0 aliphatic heterocycles. The zero-order valence-electron chi connectivity index (χ0n) is 8.98. The molecule has 0 aliphatic rings. The number of hydrogen-bond acceptors (Lipinski definition) is 4. The third-order valence-electron chi connectivity index (χ3n) is 2.45. The van der Waals surface area contributed by atoms with Gasteiger partial charge in [-0.25, -0.2) is 19.9 Å². The van der Waals surface area contributed by atoms with Crippen LogP contribution in [0.25, 0.3) is 22.6 Å². The Bertz CT molecular complexity index is 658. The van der Waals surface area contributed by atoms with Crippen molar-refractivity contribution in [2.24, 2.45) is 0 Å². The van der Waals surface area contributed by atoms with Crippen LogP contribution < -0.4 is 0 Å². The van der Waals surface area contributed by atoms with Gasteiger partial charge in [-0.05, 0) is 18.6 Å². The number of hydrogen-bond donors (Lipinski definition) is 1. The first-order valence-corrected chi connectivity index (χ1v) is 5.40. The molecule has 0 aliphatic carbocycles. The summed E-state index contributed by atoms with van der Waals surface area (Å²) in [5, 5.41) is 0.504. The number of imidazole rings is 1. The van der Waals surface area contributed by atoms with Gasteiger partial charge >= 0.3 is 0 Å². The van der Waals surface area contributed by atoms with Crippen LogP contribution in [0.3, 0.4) is 0 Å². The maximum Gasteiger partial charge on any atom is 0.181 e. The van der Waals surface area contributed by atoms with E-state index in [4.69, 9.17) is 11.6 Å². The lowest BCUT2D eigenvalue weighted by molar-refractivity contribution is 1.20. The third kappa shape index (κ3) is 1.74. The molecular formula is C11H8ClN5. The number of aromatic nitrogens is 5. The van der Waals surface area contributed by atoms with Crippen LogP contribution in [0.4, 0.5) is 0 Å². The fraction of sp³-hybridized carbons (Fsp3) is 0.0909. The molecule has 17 heavy (non-hydrogen) atoms. The zero-order valence-corrected chi connectivity index (χ0v) is 9.73. The molecule has 0 aromatic carbocycles. The molecule has 3 aromatic heterocycles. The number of aromatic amines is 1. The summed E-state index contributed by atoms with van der Waals surface area (Å²) in [6, 6.07) is 1.93. The van der Waals surface area contributed by atoms with Crippen molar-refractivity contribution in [3.8, 4) is 11.4 Å². The molecule has 3 rings (SSSR count). The van der Waals surface area contributed by atoms with E-state index in [1.807, 2.05) is 13.0 Å². The number of fused-ring (bicyclic) bond motifs is 1. The van der Waals surface area contributed by atoms with E-state index in [0.29, 0.717) is 16.6 Å². The Morgan fingerprint density at radius 2 is 2.12 bits per heavy atom. The van der Waals surface area contributed by atoms with Crippen LogP contribution in [0.1, 0.15) is 5.56 Å². The second kappa shape index (κ2) is 3.78. The van der Waals surface area contributed by atoms with E-state index in [1.54, 1.807) is 12.4 Å². The first-order chi connectivity index (χ1) is 8.24. The van der Waals surface area contributed by atoms with Gasteiger partial charge < -0.3 is 4.98 Å². The Labute approximate surface area is 102 Å². The van der Waals surface area contributed by atoms with Gasteiger partial charge in [-0.1, -0.05) is 11.6 Å². The molecule has 5 nitrogen and oxygen atoms in total. The summed E-state index contributed by atoms with van der Waals surface area (Å²) in [5.74, 6) is 0.716. The molecule has 1 N–H and O–H groups in total. The van der Waals surface area contributed by atoms with Crippen molar-refractivity contribution in [1.29, 1.82) is 0 Å². The number of halogens is 1. The van der Waals surface area contributed by atoms with E-state index >= 15 is 0 Å². The predicted molar refractivity (Wildman–Crippen MR) is 64.7 cm³/mol. The van der Waals surface area contributed by atoms with Gasteiger partial charge in [-0.2, -0.15) is 0 Å². The maximum absolute atomic E-state index is 5.88. The molecule has 6 heteroatoms. The Kier molecular flexibility index (Phi) is 2.26. The first kappa shape index (κ1) is 10.2. The highest BCUT2D eigenvalue weighted by atomic mass is 35.5. The van der Waals surface area contributed by atoms with E-state index in [0.717, 1.165) is 16.6 Å². The lowest BCUT2D eigenvalue weighted by atomic mass is 10.2. The van der Waals surface area contributed by atoms with E-state index in [9.17, 15) is 0 Å². The second-order valence-electron chi connectivity index (χ2n) is 3.68. The minimum absolute atomic E-state index is 0.504. The van der Waals surface area contributed by atoms with Crippen LogP contribution in [0.5, 0.6) is 0 Å². The summed E-state index contributed by atoms with van der Waals surface area (Å²) < 4.78 is 0. The molecule has 0 bridgehead atoms. The van der Waals surface area contributed by atoms with Crippen molar-refractivity contribution in [1.82, 2.24) is 24.9 Å². The Morgan fingerprint density at radius 3 is 2.88 bits per heavy atom. The predicted octanol–water partition coefficient (Wildman–Crippen LogP) is 2.38. The van der Waals surface area contributed by atoms with Crippen molar-refractivity contribution in [2.75, 3.05) is 0 Å². The molecule has 0 atom stereocenters. The van der Waals surface area contributed by atoms with Gasteiger partial charge in [-0.15, -0.1) is 0 Å². The highest BCUT2D eigenvalue weighted by Gasteiger charge is 2.07. The van der Waals surface area contributed by atoms with Gasteiger partial charge in [0.1, 0.15) is 22.8 Å². The van der Waals surface area contributed by atoms with Crippen LogP contribution in [-0.2, 0) is 0 Å². The Balaban J connectivity index is 2.17. The number of pyridine rings is 1. The van der Waals surface area contributed by atoms with Gasteiger partial charge in [0.2, 0.25) is 0 Å². The maximum atomic E-state index is 5.88. The molecule has 3 heterocycles. The number of rotatable bonds is 1. The van der Waals surface area contributed by atoms with Crippen LogP contribution in [0.15, 0.2) is 24.8 Å². The van der Waals surface area contributed by atoms with E-state index in [2.05, 4.69) is 24.9 Å². The van der Waals surface area contributed by atoms with Crippen LogP contribution in [0.2, 0.25) is 5.15 Å². The highest BCUT2D eigenvalue weighted by Crippen LogP contribution is 2.21. The van der Waals surface area contributed by atoms with Crippen LogP contribution in [-0.4, -0.2) is 24.9 Å². The van der Waals surface area contributed by atoms with E-state index in [1.165, 1.54) is 6.33 Å². The van der Waals surface area contributed by atoms with Crippen molar-refractivity contribution in [3.05, 3.63) is 35.5 Å². The highest BCUT2D eigenvalue weighted by molar-refractivity contribution is 6.30. The molecular weight excluding hydrogens is 238 g/mol. The largest absolute Gasteiger partial charge is 0.335 e. The summed E-state index contributed by atoms with van der Waals surface area (Å²) in [7, 11) is 0. The number of H-pyrrole nitrogens is 1. The Hall–Kier alpha value is -2.01. The zero-order chi connectivity index (χ0) is 11.8. The summed E-state index contributed by atoms with van der Waals surface area (Å²) in [6.07, 6.45) is 4.84. The molecule has 3 aromatic rings. The van der Waals surface area contributed by atoms with Gasteiger partial charge in [0.05, 0.1) is 6.20 Å². The first-order valence-electron chi connectivity index (χ1n) is 5.02. The number of aryl methyl sites for hydroxylation is 1. The van der Waals surface area contributed by atoms with Gasteiger partial charge in [0, 0.05) is 11.8 Å². The lowest BCUT2D eigenvalue weighted by Crippen LogP contribution is -1.86. The average Bonchev–Trinajstić information content (AvgIpc) is 2.76. The average molecular weight is 246 g/mol. The molecule has 0 saturated heterocycles. The van der Waals surface area contributed by atoms with E-state index in [-0.39, 0.29) is 0 Å². The van der Waals surface area contributed by atoms with Crippen molar-refractivity contribution in [3.63, 3.8) is 0 Å². The van der Waals surface area contributed by atoms with Crippen molar-refractivity contribution >= 4 is 22.8 Å². The normalized spacial score (nSPS) is 10.9. The Morgan fingerprint density at radius 1 is 1.24 bits per heavy atom. The van der Waals surface area contributed by atoms with Gasteiger partial charge in [0.15, 0.2) is 5.65 Å². The van der Waals surface area contributed by atoms with Crippen molar-refractivity contribution in [2.45, 2.75) is 6.92 Å². The SMILES string of the molecule is Cc1cc(-c2nc3ncncc3[nH]2)cnc1Cl. The van der Waals surface area contributed by atoms with Crippen LogP contribution >= 0.6 is 11.6 Å². The van der Waals surface area contributed by atoms with Gasteiger partial charge in [0.25, 0.3) is 0 Å². The topological polar surface area (TPSA) is 67.3 Å². The van der Waals surface area contributed by atoms with Gasteiger partial charge in [-0.3, -0.25) is 0 Å². The smallest absolute Gasteiger partial charge is 0.181 e. The molecule has 0 amide bonds. The fourth-order valence-corrected chi connectivity index (χ4v) is 1.69. The minimum atomic E-state index is 0.504. The summed E-state index contributed by atoms with van der Waals surface area (Å²) in [6.45, 7) is 1.90. The fourth-order valence-electron chi connectivity index (χ4n) is 1.59. The summed E-state index contributed by atoms with van der Waals surface area (Å²) in [4.78, 5) is 19.6. The molecule has 84 valence electrons. The summed E-state index contributed by atoms with van der Waals surface area (Å²) in [5.41, 5.74) is 3.23. The lowest BCUT2D eigenvalue weighted by Gasteiger charge is -1.99. The number of nitrogens with zero attached hydrogens (tertiary/aromatic N) is 4. The quantitative estimate of drug-likeness (QED) is 0.669. The van der Waals surface area contributed by atoms with E-state index < -0.39 is 0 Å². The molecule has 0 radical (unpaired) electrons. The third-order valence-corrected chi connectivity index (χ3v) is 2.85. The standard InChI is InChI=1S/C11H8ClN5/c1-6-2-7(3-14-9(6)12)10-16-8-4-13-5-15-11(8)17-10/h2-5H,1H3,(H,13,15,16,17). The van der Waals surface area contributed by atoms with Crippen molar-refractivity contribution < 1.29 is 0 Å². The molecule has 0 fully saturated rings. The summed E-state index contributed by atoms with van der Waals surface area (Å²) >= 11 is 5.88. The minimum Gasteiger partial charge on any atom is -0.335 e. The molecule has 0 unspecified atom stereocenters. The molecule has 0 spiro atoms. The van der Waals surface area contributed by atoms with Crippen LogP contribution in [0, 0.1) is 6.92 Å². The molecule has 0 saturated carbocycles. The second-order valence-corrected chi connectivity index (χ2v) is 4.04. The number of nitrogens with one attached hydrogen (secondary N) is 1. The monoisotopic (exact) mass is 245 g/mol.